The number of benzene rings is 1. The summed E-state index contributed by atoms with van der Waals surface area (Å²) in [5, 5.41) is 3.45. The molecule has 1 unspecified atom stereocenters. The zero-order valence-electron chi connectivity index (χ0n) is 15.0. The van der Waals surface area contributed by atoms with Crippen LogP contribution in [0.25, 0.3) is 11.0 Å². The van der Waals surface area contributed by atoms with Crippen molar-refractivity contribution in [2.75, 3.05) is 24.5 Å². The first-order valence-electron chi connectivity index (χ1n) is 8.97. The molecule has 1 aromatic carbocycles. The molecule has 1 N–H and O–H groups in total. The van der Waals surface area contributed by atoms with Crippen LogP contribution in [0, 0.1) is 5.82 Å². The summed E-state index contributed by atoms with van der Waals surface area (Å²) in [5.74, 6) is -0.766. The van der Waals surface area contributed by atoms with Gasteiger partial charge in [-0.3, -0.25) is 4.98 Å². The molecule has 1 saturated heterocycles. The lowest BCUT2D eigenvalue weighted by atomic mass is 10.1. The third kappa shape index (κ3) is 3.08. The van der Waals surface area contributed by atoms with Crippen LogP contribution >= 0.6 is 0 Å². The standard InChI is InChI=1S/C19H21FN4O2S/c1-2-14-12-23(11-10-21-14)17-13-24(16-7-5-9-22-19(16)17)27(25,26)18-8-4-3-6-15(18)20/h3-9,13-14,21H,2,10-12H2,1H3. The highest BCUT2D eigenvalue weighted by molar-refractivity contribution is 7.90. The topological polar surface area (TPSA) is 67.2 Å². The Morgan fingerprint density at radius 1 is 1.26 bits per heavy atom. The SMILES string of the molecule is CCC1CN(c2cn(S(=O)(=O)c3ccccc3F)c3cccnc23)CCN1. The number of pyridine rings is 1. The third-order valence-corrected chi connectivity index (χ3v) is 6.68. The minimum absolute atomic E-state index is 0.337. The van der Waals surface area contributed by atoms with Gasteiger partial charge < -0.3 is 10.2 Å². The van der Waals surface area contributed by atoms with E-state index in [9.17, 15) is 12.8 Å². The summed E-state index contributed by atoms with van der Waals surface area (Å²) in [5.41, 5.74) is 1.81. The van der Waals surface area contributed by atoms with Crippen molar-refractivity contribution in [1.82, 2.24) is 14.3 Å². The number of hydrogen-bond acceptors (Lipinski definition) is 5. The Kier molecular flexibility index (Phi) is 4.61. The van der Waals surface area contributed by atoms with Crippen molar-refractivity contribution in [2.24, 2.45) is 0 Å². The molecule has 4 rings (SSSR count). The smallest absolute Gasteiger partial charge is 0.271 e. The Morgan fingerprint density at radius 3 is 2.85 bits per heavy atom. The van der Waals surface area contributed by atoms with Gasteiger partial charge in [0.05, 0.1) is 11.2 Å². The van der Waals surface area contributed by atoms with E-state index in [4.69, 9.17) is 0 Å². The van der Waals surface area contributed by atoms with Gasteiger partial charge in [0.25, 0.3) is 10.0 Å². The van der Waals surface area contributed by atoms with Crippen LogP contribution in [0.4, 0.5) is 10.1 Å². The van der Waals surface area contributed by atoms with Gasteiger partial charge in [0.1, 0.15) is 16.2 Å². The highest BCUT2D eigenvalue weighted by Gasteiger charge is 2.27. The van der Waals surface area contributed by atoms with E-state index >= 15 is 0 Å². The van der Waals surface area contributed by atoms with Crippen LogP contribution in [0.1, 0.15) is 13.3 Å². The first-order chi connectivity index (χ1) is 13.0. The van der Waals surface area contributed by atoms with Crippen LogP contribution in [-0.4, -0.2) is 43.1 Å². The lowest BCUT2D eigenvalue weighted by Gasteiger charge is -2.34. The van der Waals surface area contributed by atoms with Crippen LogP contribution in [0.2, 0.25) is 0 Å². The Labute approximate surface area is 157 Å². The van der Waals surface area contributed by atoms with E-state index in [1.807, 2.05) is 0 Å². The van der Waals surface area contributed by atoms with Crippen LogP contribution in [0.5, 0.6) is 0 Å². The number of halogens is 1. The van der Waals surface area contributed by atoms with Gasteiger partial charge in [-0.05, 0) is 30.7 Å². The van der Waals surface area contributed by atoms with Crippen molar-refractivity contribution < 1.29 is 12.8 Å². The highest BCUT2D eigenvalue weighted by Crippen LogP contribution is 2.31. The van der Waals surface area contributed by atoms with E-state index in [0.29, 0.717) is 17.1 Å². The van der Waals surface area contributed by atoms with Crippen LogP contribution in [-0.2, 0) is 10.0 Å². The number of fused-ring (bicyclic) bond motifs is 1. The summed E-state index contributed by atoms with van der Waals surface area (Å²) in [6.45, 7) is 4.46. The minimum atomic E-state index is -4.07. The molecule has 0 saturated carbocycles. The van der Waals surface area contributed by atoms with Crippen molar-refractivity contribution in [1.29, 1.82) is 0 Å². The summed E-state index contributed by atoms with van der Waals surface area (Å²) in [6.07, 6.45) is 4.19. The summed E-state index contributed by atoms with van der Waals surface area (Å²) >= 11 is 0. The zero-order chi connectivity index (χ0) is 19.0. The fraction of sp³-hybridized carbons (Fsp3) is 0.316. The second kappa shape index (κ2) is 6.94. The number of hydrogen-bond donors (Lipinski definition) is 1. The van der Waals surface area contributed by atoms with E-state index in [2.05, 4.69) is 22.1 Å². The number of nitrogens with one attached hydrogen (secondary N) is 1. The lowest BCUT2D eigenvalue weighted by Crippen LogP contribution is -2.50. The van der Waals surface area contributed by atoms with E-state index < -0.39 is 15.8 Å². The Hall–Kier alpha value is -2.45. The molecule has 6 nitrogen and oxygen atoms in total. The highest BCUT2D eigenvalue weighted by atomic mass is 32.2. The van der Waals surface area contributed by atoms with Crippen molar-refractivity contribution in [2.45, 2.75) is 24.3 Å². The van der Waals surface area contributed by atoms with E-state index in [0.717, 1.165) is 41.8 Å². The average molecular weight is 388 g/mol. The van der Waals surface area contributed by atoms with Gasteiger partial charge in [0.2, 0.25) is 0 Å². The Bertz CT molecular complexity index is 1080. The number of piperazine rings is 1. The maximum absolute atomic E-state index is 14.2. The molecule has 8 heteroatoms. The molecule has 0 amide bonds. The van der Waals surface area contributed by atoms with Gasteiger partial charge in [0.15, 0.2) is 0 Å². The minimum Gasteiger partial charge on any atom is -0.366 e. The predicted molar refractivity (Wildman–Crippen MR) is 103 cm³/mol. The van der Waals surface area contributed by atoms with Crippen LogP contribution in [0.3, 0.4) is 0 Å². The molecular formula is C19H21FN4O2S. The molecule has 1 aliphatic rings. The van der Waals surface area contributed by atoms with E-state index in [-0.39, 0.29) is 4.90 Å². The normalized spacial score (nSPS) is 18.1. The molecule has 0 radical (unpaired) electrons. The first-order valence-corrected chi connectivity index (χ1v) is 10.4. The number of aromatic nitrogens is 2. The van der Waals surface area contributed by atoms with E-state index in [1.54, 1.807) is 24.5 Å². The zero-order valence-corrected chi connectivity index (χ0v) is 15.8. The molecule has 3 heterocycles. The largest absolute Gasteiger partial charge is 0.366 e. The molecule has 1 aliphatic heterocycles. The summed E-state index contributed by atoms with van der Waals surface area (Å²) < 4.78 is 41.6. The quantitative estimate of drug-likeness (QED) is 0.744. The molecule has 0 spiro atoms. The summed E-state index contributed by atoms with van der Waals surface area (Å²) in [4.78, 5) is 6.22. The van der Waals surface area contributed by atoms with Gasteiger partial charge in [-0.2, -0.15) is 0 Å². The molecular weight excluding hydrogens is 367 g/mol. The molecule has 142 valence electrons. The fourth-order valence-electron chi connectivity index (χ4n) is 3.52. The van der Waals surface area contributed by atoms with Gasteiger partial charge in [0, 0.05) is 38.1 Å². The fourth-order valence-corrected chi connectivity index (χ4v) is 4.94. The molecule has 2 aromatic heterocycles. The Morgan fingerprint density at radius 2 is 2.07 bits per heavy atom. The molecule has 1 atom stereocenters. The second-order valence-electron chi connectivity index (χ2n) is 6.62. The Balaban J connectivity index is 1.87. The van der Waals surface area contributed by atoms with Crippen molar-refractivity contribution in [3.8, 4) is 0 Å². The maximum atomic E-state index is 14.2. The van der Waals surface area contributed by atoms with Gasteiger partial charge in [-0.1, -0.05) is 19.1 Å². The van der Waals surface area contributed by atoms with Gasteiger partial charge in [-0.15, -0.1) is 0 Å². The third-order valence-electron chi connectivity index (χ3n) is 4.97. The van der Waals surface area contributed by atoms with Crippen molar-refractivity contribution in [3.63, 3.8) is 0 Å². The summed E-state index contributed by atoms with van der Waals surface area (Å²) in [6, 6.07) is 9.15. The monoisotopic (exact) mass is 388 g/mol. The molecule has 3 aromatic rings. The second-order valence-corrected chi connectivity index (χ2v) is 8.41. The maximum Gasteiger partial charge on any atom is 0.271 e. The van der Waals surface area contributed by atoms with Crippen LogP contribution in [0.15, 0.2) is 53.7 Å². The average Bonchev–Trinajstić information content (AvgIpc) is 3.09. The number of anilines is 1. The molecule has 27 heavy (non-hydrogen) atoms. The molecule has 0 bridgehead atoms. The first kappa shape index (κ1) is 17.9. The molecule has 1 fully saturated rings. The van der Waals surface area contributed by atoms with Crippen molar-refractivity contribution in [3.05, 3.63) is 54.6 Å². The predicted octanol–water partition coefficient (Wildman–Crippen LogP) is 2.60. The number of nitrogens with zero attached hydrogens (tertiary/aromatic N) is 3. The molecule has 0 aliphatic carbocycles. The van der Waals surface area contributed by atoms with Gasteiger partial charge >= 0.3 is 0 Å². The van der Waals surface area contributed by atoms with E-state index in [1.165, 1.54) is 18.2 Å². The summed E-state index contributed by atoms with van der Waals surface area (Å²) in [7, 11) is -4.07. The van der Waals surface area contributed by atoms with Crippen LogP contribution < -0.4 is 10.2 Å². The van der Waals surface area contributed by atoms with Gasteiger partial charge in [-0.25, -0.2) is 16.8 Å². The number of rotatable bonds is 4. The lowest BCUT2D eigenvalue weighted by molar-refractivity contribution is 0.447. The van der Waals surface area contributed by atoms with Crippen molar-refractivity contribution >= 4 is 26.7 Å².